The van der Waals surface area contributed by atoms with Gasteiger partial charge in [-0.3, -0.25) is 14.5 Å². The Morgan fingerprint density at radius 3 is 2.75 bits per heavy atom. The quantitative estimate of drug-likeness (QED) is 0.711. The van der Waals surface area contributed by atoms with E-state index in [9.17, 15) is 18.0 Å². The number of hydrogen-bond donors (Lipinski definition) is 1. The average molecular weight is 407 g/mol. The highest BCUT2D eigenvalue weighted by Crippen LogP contribution is 2.40. The predicted octanol–water partition coefficient (Wildman–Crippen LogP) is 0.945. The van der Waals surface area contributed by atoms with Gasteiger partial charge in [-0.25, -0.2) is 12.7 Å². The summed E-state index contributed by atoms with van der Waals surface area (Å²) in [6, 6.07) is 4.48. The lowest BCUT2D eigenvalue weighted by Gasteiger charge is -2.45. The van der Waals surface area contributed by atoms with Gasteiger partial charge >= 0.3 is 0 Å². The lowest BCUT2D eigenvalue weighted by atomic mass is 9.96. The molecule has 0 bridgehead atoms. The Balaban J connectivity index is 2.06. The molecule has 8 nitrogen and oxygen atoms in total. The number of benzene rings is 1. The maximum absolute atomic E-state index is 13.2. The van der Waals surface area contributed by atoms with Crippen molar-refractivity contribution in [2.75, 3.05) is 43.5 Å². The second-order valence-corrected chi connectivity index (χ2v) is 9.31. The predicted molar refractivity (Wildman–Crippen MR) is 108 cm³/mol. The monoisotopic (exact) mass is 406 g/mol. The second-order valence-electron chi connectivity index (χ2n) is 7.16. The molecule has 3 rings (SSSR count). The Bertz CT molecular complexity index is 897. The van der Waals surface area contributed by atoms with Crippen LogP contribution in [0.4, 0.5) is 11.4 Å². The van der Waals surface area contributed by atoms with E-state index in [1.165, 1.54) is 25.1 Å². The van der Waals surface area contributed by atoms with Gasteiger partial charge in [0.15, 0.2) is 0 Å². The minimum atomic E-state index is -3.66. The van der Waals surface area contributed by atoms with Gasteiger partial charge < -0.3 is 10.2 Å². The maximum Gasteiger partial charge on any atom is 0.250 e. The average Bonchev–Trinajstić information content (AvgIpc) is 2.69. The maximum atomic E-state index is 13.2. The third-order valence-electron chi connectivity index (χ3n) is 5.12. The molecule has 1 N–H and O–H groups in total. The van der Waals surface area contributed by atoms with Gasteiger partial charge in [0, 0.05) is 27.2 Å². The van der Waals surface area contributed by atoms with Gasteiger partial charge in [0.25, 0.3) is 0 Å². The first-order valence-corrected chi connectivity index (χ1v) is 10.7. The molecule has 9 heteroatoms. The molecule has 2 aliphatic rings. The molecule has 0 aliphatic carbocycles. The molecule has 0 spiro atoms. The fraction of sp³-hybridized carbons (Fsp3) is 0.474. The number of nitrogens with one attached hydrogen (secondary N) is 1. The van der Waals surface area contributed by atoms with Crippen molar-refractivity contribution in [1.29, 1.82) is 0 Å². The first kappa shape index (κ1) is 20.3. The van der Waals surface area contributed by atoms with Crippen molar-refractivity contribution >= 4 is 33.2 Å². The van der Waals surface area contributed by atoms with Gasteiger partial charge in [-0.2, -0.15) is 0 Å². The Morgan fingerprint density at radius 1 is 1.32 bits per heavy atom. The summed E-state index contributed by atoms with van der Waals surface area (Å²) >= 11 is 0. The minimum Gasteiger partial charge on any atom is -0.358 e. The zero-order valence-electron chi connectivity index (χ0n) is 16.2. The van der Waals surface area contributed by atoms with Crippen LogP contribution in [0.25, 0.3) is 0 Å². The van der Waals surface area contributed by atoms with E-state index in [2.05, 4.69) is 11.9 Å². The van der Waals surface area contributed by atoms with Crippen molar-refractivity contribution < 1.29 is 18.0 Å². The van der Waals surface area contributed by atoms with E-state index < -0.39 is 10.0 Å². The molecule has 1 aromatic rings. The van der Waals surface area contributed by atoms with Crippen LogP contribution >= 0.6 is 0 Å². The van der Waals surface area contributed by atoms with E-state index in [-0.39, 0.29) is 29.3 Å². The van der Waals surface area contributed by atoms with Crippen molar-refractivity contribution in [3.63, 3.8) is 0 Å². The molecule has 2 heterocycles. The fourth-order valence-corrected chi connectivity index (χ4v) is 4.58. The molecular weight excluding hydrogens is 380 g/mol. The first-order valence-electron chi connectivity index (χ1n) is 9.29. The number of piperidine rings is 1. The normalized spacial score (nSPS) is 19.2. The Labute approximate surface area is 165 Å². The van der Waals surface area contributed by atoms with E-state index in [1.807, 2.05) is 4.90 Å². The Hall–Kier alpha value is -2.39. The molecule has 2 aliphatic heterocycles. The van der Waals surface area contributed by atoms with Crippen LogP contribution in [-0.2, 0) is 19.6 Å². The molecule has 2 amide bonds. The Morgan fingerprint density at radius 2 is 2.07 bits per heavy atom. The minimum absolute atomic E-state index is 0.0935. The number of amides is 2. The molecular formula is C19H26N4O4S. The van der Waals surface area contributed by atoms with Crippen molar-refractivity contribution in [3.05, 3.63) is 30.9 Å². The summed E-state index contributed by atoms with van der Waals surface area (Å²) in [5.41, 5.74) is 1.25. The molecule has 1 atom stereocenters. The van der Waals surface area contributed by atoms with Crippen LogP contribution in [0, 0.1) is 0 Å². The van der Waals surface area contributed by atoms with E-state index in [4.69, 9.17) is 0 Å². The van der Waals surface area contributed by atoms with Crippen LogP contribution in [0.15, 0.2) is 35.7 Å². The number of nitrogens with zero attached hydrogens (tertiary/aromatic N) is 3. The zero-order chi connectivity index (χ0) is 20.5. The summed E-state index contributed by atoms with van der Waals surface area (Å²) in [4.78, 5) is 29.0. The van der Waals surface area contributed by atoms with Gasteiger partial charge in [-0.1, -0.05) is 6.08 Å². The van der Waals surface area contributed by atoms with Crippen LogP contribution < -0.4 is 15.1 Å². The summed E-state index contributed by atoms with van der Waals surface area (Å²) in [5.74, 6) is -0.482. The van der Waals surface area contributed by atoms with Crippen molar-refractivity contribution in [3.8, 4) is 0 Å². The number of fused-ring (bicyclic) bond motifs is 3. The second kappa shape index (κ2) is 7.92. The van der Waals surface area contributed by atoms with Gasteiger partial charge in [0.05, 0.1) is 16.3 Å². The molecule has 1 unspecified atom stereocenters. The highest BCUT2D eigenvalue weighted by atomic mass is 32.2. The van der Waals surface area contributed by atoms with Gasteiger partial charge in [0.1, 0.15) is 12.6 Å². The molecule has 0 radical (unpaired) electrons. The first-order chi connectivity index (χ1) is 13.3. The van der Waals surface area contributed by atoms with E-state index in [0.29, 0.717) is 12.2 Å². The third-order valence-corrected chi connectivity index (χ3v) is 6.94. The number of carbonyl (C=O) groups is 2. The number of hydrogen-bond acceptors (Lipinski definition) is 5. The van der Waals surface area contributed by atoms with Crippen molar-refractivity contribution in [2.45, 2.75) is 30.2 Å². The smallest absolute Gasteiger partial charge is 0.250 e. The Kier molecular flexibility index (Phi) is 5.76. The van der Waals surface area contributed by atoms with Gasteiger partial charge in [0.2, 0.25) is 21.8 Å². The van der Waals surface area contributed by atoms with Gasteiger partial charge in [-0.05, 0) is 37.5 Å². The number of sulfonamides is 1. The van der Waals surface area contributed by atoms with Crippen molar-refractivity contribution in [2.24, 2.45) is 0 Å². The summed E-state index contributed by atoms with van der Waals surface area (Å²) in [5, 5.41) is 2.68. The van der Waals surface area contributed by atoms with E-state index in [0.717, 1.165) is 35.8 Å². The summed E-state index contributed by atoms with van der Waals surface area (Å²) in [6.07, 6.45) is 4.21. The largest absolute Gasteiger partial charge is 0.358 e. The van der Waals surface area contributed by atoms with Gasteiger partial charge in [-0.15, -0.1) is 6.58 Å². The molecule has 152 valence electrons. The third kappa shape index (κ3) is 3.64. The lowest BCUT2D eigenvalue weighted by molar-refractivity contribution is -0.124. The summed E-state index contributed by atoms with van der Waals surface area (Å²) in [7, 11) is -0.741. The number of carbonyl (C=O) groups excluding carboxylic acids is 2. The lowest BCUT2D eigenvalue weighted by Crippen LogP contribution is -2.57. The molecule has 0 aromatic heterocycles. The number of rotatable bonds is 6. The van der Waals surface area contributed by atoms with Crippen LogP contribution in [0.1, 0.15) is 19.3 Å². The molecule has 0 saturated carbocycles. The summed E-state index contributed by atoms with van der Waals surface area (Å²) in [6.45, 7) is 4.45. The van der Waals surface area contributed by atoms with E-state index >= 15 is 0 Å². The van der Waals surface area contributed by atoms with Crippen LogP contribution in [-0.4, -0.2) is 64.3 Å². The molecule has 1 saturated heterocycles. The SMILES string of the molecule is C=CCNC(=O)CN1C(=O)C2CCCCN2c2ccc(S(=O)(=O)N(C)C)cc21. The fourth-order valence-electron chi connectivity index (χ4n) is 3.66. The highest BCUT2D eigenvalue weighted by molar-refractivity contribution is 7.89. The van der Waals surface area contributed by atoms with Crippen LogP contribution in [0.5, 0.6) is 0 Å². The molecule has 1 fully saturated rings. The molecule has 28 heavy (non-hydrogen) atoms. The topological polar surface area (TPSA) is 90.0 Å². The van der Waals surface area contributed by atoms with Crippen LogP contribution in [0.3, 0.4) is 0 Å². The zero-order valence-corrected chi connectivity index (χ0v) is 17.0. The van der Waals surface area contributed by atoms with Crippen molar-refractivity contribution in [1.82, 2.24) is 9.62 Å². The highest BCUT2D eigenvalue weighted by Gasteiger charge is 2.40. The summed E-state index contributed by atoms with van der Waals surface area (Å²) < 4.78 is 26.3. The van der Waals surface area contributed by atoms with E-state index in [1.54, 1.807) is 18.2 Å². The molecule has 1 aromatic carbocycles. The standard InChI is InChI=1S/C19H26N4O4S/c1-4-10-20-18(24)13-23-17-12-14(28(26,27)21(2)3)8-9-15(17)22-11-6-5-7-16(22)19(23)25/h4,8-9,12,16H,1,5-7,10-11,13H2,2-3H3,(H,20,24). The number of anilines is 2. The van der Waals surface area contributed by atoms with Crippen LogP contribution in [0.2, 0.25) is 0 Å².